The molecule has 40 heavy (non-hydrogen) atoms. The molecule has 2 aromatic rings. The molecule has 2 aromatic carbocycles. The molecule has 0 aliphatic carbocycles. The minimum atomic E-state index is -3.81. The summed E-state index contributed by atoms with van der Waals surface area (Å²) in [6, 6.07) is 11.2. The van der Waals surface area contributed by atoms with Gasteiger partial charge in [-0.25, -0.2) is 8.42 Å². The number of hydrogen-bond acceptors (Lipinski definition) is 7. The lowest BCUT2D eigenvalue weighted by atomic mass is 9.98. The van der Waals surface area contributed by atoms with Crippen molar-refractivity contribution in [3.63, 3.8) is 0 Å². The standard InChI is InChI=1S/C29H39N3O7S/c1-19-8-10-23(11-9-19)40(36,37)31(4)17-26-20(2)16-32(21(3)18-33)29(35)24-6-5-7-25(27(24)39-26)30-28(34)22-12-14-38-15-13-22/h5-11,20-22,26,33H,12-18H2,1-4H3,(H,30,34)/t20-,21+,26+/m0/s1. The van der Waals surface area contributed by atoms with Gasteiger partial charge in [-0.2, -0.15) is 4.31 Å². The zero-order valence-corrected chi connectivity index (χ0v) is 24.3. The van der Waals surface area contributed by atoms with Gasteiger partial charge in [-0.15, -0.1) is 0 Å². The van der Waals surface area contributed by atoms with E-state index < -0.39 is 22.2 Å². The van der Waals surface area contributed by atoms with Crippen molar-refractivity contribution in [2.75, 3.05) is 45.3 Å². The summed E-state index contributed by atoms with van der Waals surface area (Å²) < 4.78 is 39.9. The number of para-hydroxylation sites is 1. The van der Waals surface area contributed by atoms with Crippen LogP contribution in [-0.2, 0) is 19.6 Å². The number of rotatable bonds is 8. The Morgan fingerprint density at radius 3 is 2.50 bits per heavy atom. The molecule has 4 rings (SSSR count). The normalized spacial score (nSPS) is 21.2. The van der Waals surface area contributed by atoms with Crippen molar-refractivity contribution >= 4 is 27.5 Å². The third kappa shape index (κ3) is 6.49. The Balaban J connectivity index is 1.69. The van der Waals surface area contributed by atoms with E-state index in [-0.39, 0.29) is 59.6 Å². The highest BCUT2D eigenvalue weighted by molar-refractivity contribution is 7.89. The smallest absolute Gasteiger partial charge is 0.258 e. The Bertz CT molecular complexity index is 1310. The lowest BCUT2D eigenvalue weighted by Crippen LogP contribution is -2.50. The van der Waals surface area contributed by atoms with E-state index in [9.17, 15) is 23.1 Å². The van der Waals surface area contributed by atoms with Crippen molar-refractivity contribution in [1.82, 2.24) is 9.21 Å². The molecule has 3 atom stereocenters. The number of amides is 2. The van der Waals surface area contributed by atoms with Crippen LogP contribution in [-0.4, -0.2) is 86.6 Å². The lowest BCUT2D eigenvalue weighted by Gasteiger charge is -2.38. The SMILES string of the molecule is Cc1ccc(S(=O)(=O)N(C)C[C@H]2Oc3c(NC(=O)C4CCOCC4)cccc3C(=O)N([C@H](C)CO)C[C@@H]2C)cc1. The molecule has 0 saturated carbocycles. The van der Waals surface area contributed by atoms with E-state index >= 15 is 0 Å². The first kappa shape index (κ1) is 30.0. The zero-order chi connectivity index (χ0) is 29.0. The predicted octanol–water partition coefficient (Wildman–Crippen LogP) is 2.90. The third-order valence-electron chi connectivity index (χ3n) is 7.71. The Labute approximate surface area is 236 Å². The van der Waals surface area contributed by atoms with Gasteiger partial charge in [0.15, 0.2) is 5.75 Å². The largest absolute Gasteiger partial charge is 0.486 e. The molecule has 11 heteroatoms. The van der Waals surface area contributed by atoms with E-state index in [4.69, 9.17) is 9.47 Å². The number of sulfonamides is 1. The third-order valence-corrected chi connectivity index (χ3v) is 9.54. The molecule has 1 saturated heterocycles. The maximum absolute atomic E-state index is 13.7. The molecule has 2 aliphatic rings. The summed E-state index contributed by atoms with van der Waals surface area (Å²) in [6.45, 7) is 6.57. The number of carbonyl (C=O) groups excluding carboxylic acids is 2. The average Bonchev–Trinajstić information content (AvgIpc) is 2.95. The molecule has 10 nitrogen and oxygen atoms in total. The fraction of sp³-hybridized carbons (Fsp3) is 0.517. The number of aryl methyl sites for hydroxylation is 1. The first-order valence-electron chi connectivity index (χ1n) is 13.7. The molecule has 0 spiro atoms. The van der Waals surface area contributed by atoms with E-state index in [0.29, 0.717) is 31.7 Å². The van der Waals surface area contributed by atoms with Gasteiger partial charge in [0.2, 0.25) is 15.9 Å². The summed E-state index contributed by atoms with van der Waals surface area (Å²) in [4.78, 5) is 28.5. The van der Waals surface area contributed by atoms with Gasteiger partial charge >= 0.3 is 0 Å². The van der Waals surface area contributed by atoms with E-state index in [0.717, 1.165) is 5.56 Å². The van der Waals surface area contributed by atoms with Gasteiger partial charge in [0.25, 0.3) is 5.91 Å². The molecule has 218 valence electrons. The molecule has 0 bridgehead atoms. The highest BCUT2D eigenvalue weighted by atomic mass is 32.2. The summed E-state index contributed by atoms with van der Waals surface area (Å²) in [5.74, 6) is -0.842. The molecule has 2 heterocycles. The maximum atomic E-state index is 13.7. The fourth-order valence-corrected chi connectivity index (χ4v) is 6.18. The van der Waals surface area contributed by atoms with Gasteiger partial charge < -0.3 is 24.8 Å². The van der Waals surface area contributed by atoms with Crippen molar-refractivity contribution in [2.45, 2.75) is 50.7 Å². The molecule has 2 amide bonds. The van der Waals surface area contributed by atoms with Crippen LogP contribution in [0.15, 0.2) is 47.4 Å². The average molecular weight is 574 g/mol. The molecule has 0 aromatic heterocycles. The van der Waals surface area contributed by atoms with E-state index in [1.54, 1.807) is 54.3 Å². The number of benzene rings is 2. The van der Waals surface area contributed by atoms with Crippen LogP contribution in [0.3, 0.4) is 0 Å². The van der Waals surface area contributed by atoms with Gasteiger partial charge in [0, 0.05) is 38.6 Å². The van der Waals surface area contributed by atoms with Crippen LogP contribution in [0.2, 0.25) is 0 Å². The number of nitrogens with one attached hydrogen (secondary N) is 1. The minimum absolute atomic E-state index is 0.00853. The number of likely N-dealkylation sites (N-methyl/N-ethyl adjacent to an activating group) is 1. The second-order valence-corrected chi connectivity index (χ2v) is 12.8. The van der Waals surface area contributed by atoms with Crippen LogP contribution in [0.25, 0.3) is 0 Å². The maximum Gasteiger partial charge on any atom is 0.258 e. The second kappa shape index (κ2) is 12.7. The number of anilines is 1. The van der Waals surface area contributed by atoms with Crippen LogP contribution in [0.1, 0.15) is 42.6 Å². The molecule has 0 unspecified atom stereocenters. The number of fused-ring (bicyclic) bond motifs is 1. The Morgan fingerprint density at radius 2 is 1.85 bits per heavy atom. The van der Waals surface area contributed by atoms with Crippen molar-refractivity contribution in [3.05, 3.63) is 53.6 Å². The van der Waals surface area contributed by atoms with E-state index in [2.05, 4.69) is 5.32 Å². The molecular formula is C29H39N3O7S. The number of aliphatic hydroxyl groups is 1. The lowest BCUT2D eigenvalue weighted by molar-refractivity contribution is -0.122. The first-order valence-corrected chi connectivity index (χ1v) is 15.1. The van der Waals surface area contributed by atoms with Crippen molar-refractivity contribution in [1.29, 1.82) is 0 Å². The number of ether oxygens (including phenoxy) is 2. The molecule has 2 N–H and O–H groups in total. The fourth-order valence-electron chi connectivity index (χ4n) is 5.00. The second-order valence-electron chi connectivity index (χ2n) is 10.8. The Hall–Kier alpha value is -2.99. The monoisotopic (exact) mass is 573 g/mol. The van der Waals surface area contributed by atoms with Crippen LogP contribution in [0, 0.1) is 18.8 Å². The summed E-state index contributed by atoms with van der Waals surface area (Å²) in [5, 5.41) is 12.8. The van der Waals surface area contributed by atoms with Gasteiger partial charge in [-0.05, 0) is 51.0 Å². The van der Waals surface area contributed by atoms with Gasteiger partial charge in [0.1, 0.15) is 6.10 Å². The molecule has 0 radical (unpaired) electrons. The summed E-state index contributed by atoms with van der Waals surface area (Å²) in [5.41, 5.74) is 1.54. The van der Waals surface area contributed by atoms with Crippen molar-refractivity contribution < 1.29 is 32.6 Å². The van der Waals surface area contributed by atoms with Crippen molar-refractivity contribution in [3.8, 4) is 5.75 Å². The van der Waals surface area contributed by atoms with Crippen LogP contribution in [0.5, 0.6) is 5.75 Å². The number of nitrogens with zero attached hydrogens (tertiary/aromatic N) is 2. The quantitative estimate of drug-likeness (QED) is 0.498. The summed E-state index contributed by atoms with van der Waals surface area (Å²) in [7, 11) is -2.31. The number of hydrogen-bond donors (Lipinski definition) is 2. The topological polar surface area (TPSA) is 125 Å². The zero-order valence-electron chi connectivity index (χ0n) is 23.5. The highest BCUT2D eigenvalue weighted by Gasteiger charge is 2.36. The molecule has 1 fully saturated rings. The highest BCUT2D eigenvalue weighted by Crippen LogP contribution is 2.36. The summed E-state index contributed by atoms with van der Waals surface area (Å²) in [6.07, 6.45) is 0.541. The van der Waals surface area contributed by atoms with Crippen LogP contribution >= 0.6 is 0 Å². The predicted molar refractivity (Wildman–Crippen MR) is 151 cm³/mol. The number of carbonyl (C=O) groups is 2. The first-order chi connectivity index (χ1) is 19.0. The van der Waals surface area contributed by atoms with E-state index in [1.165, 1.54) is 11.4 Å². The Morgan fingerprint density at radius 1 is 1.18 bits per heavy atom. The Kier molecular flexibility index (Phi) is 9.50. The van der Waals surface area contributed by atoms with E-state index in [1.807, 2.05) is 13.8 Å². The molecule has 2 aliphatic heterocycles. The number of aliphatic hydroxyl groups excluding tert-OH is 1. The molecular weight excluding hydrogens is 534 g/mol. The van der Waals surface area contributed by atoms with Crippen LogP contribution in [0.4, 0.5) is 5.69 Å². The van der Waals surface area contributed by atoms with Crippen molar-refractivity contribution in [2.24, 2.45) is 11.8 Å². The minimum Gasteiger partial charge on any atom is -0.486 e. The van der Waals surface area contributed by atoms with Crippen LogP contribution < -0.4 is 10.1 Å². The van der Waals surface area contributed by atoms with Gasteiger partial charge in [0.05, 0.1) is 35.3 Å². The van der Waals surface area contributed by atoms with Gasteiger partial charge in [-0.1, -0.05) is 30.7 Å². The summed E-state index contributed by atoms with van der Waals surface area (Å²) >= 11 is 0. The van der Waals surface area contributed by atoms with Gasteiger partial charge in [-0.3, -0.25) is 9.59 Å².